The minimum atomic E-state index is -3.77. The van der Waals surface area contributed by atoms with Crippen molar-refractivity contribution in [2.24, 2.45) is 5.14 Å². The molecule has 8 heteroatoms. The van der Waals surface area contributed by atoms with E-state index in [4.69, 9.17) is 19.3 Å². The lowest BCUT2D eigenvalue weighted by atomic mass is 9.87. The summed E-state index contributed by atoms with van der Waals surface area (Å²) in [4.78, 5) is 13.4. The molecule has 5 rings (SSSR count). The molecule has 0 spiro atoms. The lowest BCUT2D eigenvalue weighted by Gasteiger charge is -2.16. The maximum absolute atomic E-state index is 13.4. The van der Waals surface area contributed by atoms with Crippen molar-refractivity contribution in [3.05, 3.63) is 71.8 Å². The summed E-state index contributed by atoms with van der Waals surface area (Å²) in [5.74, 6) is 2.17. The van der Waals surface area contributed by atoms with Gasteiger partial charge in [-0.25, -0.2) is 13.6 Å². The first-order chi connectivity index (χ1) is 15.8. The van der Waals surface area contributed by atoms with Gasteiger partial charge in [0.2, 0.25) is 16.8 Å². The molecular weight excluding hydrogens is 442 g/mol. The summed E-state index contributed by atoms with van der Waals surface area (Å²) in [5.41, 5.74) is 2.88. The van der Waals surface area contributed by atoms with Gasteiger partial charge in [0.15, 0.2) is 11.5 Å². The Bertz CT molecular complexity index is 1350. The summed E-state index contributed by atoms with van der Waals surface area (Å²) >= 11 is 0. The quantitative estimate of drug-likeness (QED) is 0.559. The van der Waals surface area contributed by atoms with E-state index in [1.807, 2.05) is 36.4 Å². The van der Waals surface area contributed by atoms with Crippen LogP contribution in [0.25, 0.3) is 11.1 Å². The standard InChI is InChI=1S/C25H23NO6S.2H2/c1-30-21-8-2-16(12-20(21)17-3-6-19(7-4-17)33(26,28)29)13-24(27)25(10-11-25)18-5-9-22-23(14-18)32-15-31-22;;/h2-9,12,14H,10-11,13,15H2,1H3,(H2,26,28,29);2*1H. The molecule has 1 saturated carbocycles. The Balaban J connectivity index is 0.00000171. The topological polar surface area (TPSA) is 105 Å². The van der Waals surface area contributed by atoms with E-state index in [9.17, 15) is 13.2 Å². The fourth-order valence-electron chi connectivity index (χ4n) is 4.32. The summed E-state index contributed by atoms with van der Waals surface area (Å²) in [6.07, 6.45) is 1.90. The highest BCUT2D eigenvalue weighted by molar-refractivity contribution is 7.89. The van der Waals surface area contributed by atoms with Gasteiger partial charge in [-0.05, 0) is 65.9 Å². The van der Waals surface area contributed by atoms with Crippen molar-refractivity contribution in [1.29, 1.82) is 0 Å². The summed E-state index contributed by atoms with van der Waals surface area (Å²) < 4.78 is 39.5. The molecular formula is C25H27NO6S. The highest BCUT2D eigenvalue weighted by atomic mass is 32.2. The third-order valence-electron chi connectivity index (χ3n) is 6.33. The molecule has 7 nitrogen and oxygen atoms in total. The van der Waals surface area contributed by atoms with E-state index in [0.29, 0.717) is 17.2 Å². The van der Waals surface area contributed by atoms with Crippen molar-refractivity contribution in [2.45, 2.75) is 29.6 Å². The largest absolute Gasteiger partial charge is 0.496 e. The zero-order chi connectivity index (χ0) is 23.2. The molecule has 0 atom stereocenters. The SMILES string of the molecule is COc1ccc(CC(=O)C2(c3ccc4c(c3)OCO4)CC2)cc1-c1ccc(S(N)(=O)=O)cc1.[HH].[HH]. The number of Topliss-reactive ketones (excluding diaryl/α,β-unsaturated/α-hetero) is 1. The molecule has 2 N–H and O–H groups in total. The molecule has 3 aromatic carbocycles. The van der Waals surface area contributed by atoms with Crippen molar-refractivity contribution in [3.8, 4) is 28.4 Å². The Morgan fingerprint density at radius 1 is 1.03 bits per heavy atom. The summed E-state index contributed by atoms with van der Waals surface area (Å²) in [6.45, 7) is 0.201. The van der Waals surface area contributed by atoms with E-state index in [2.05, 4.69) is 0 Å². The van der Waals surface area contributed by atoms with Gasteiger partial charge in [-0.2, -0.15) is 0 Å². The van der Waals surface area contributed by atoms with Crippen LogP contribution in [0, 0.1) is 0 Å². The number of primary sulfonamides is 1. The van der Waals surface area contributed by atoms with Gasteiger partial charge in [-0.15, -0.1) is 0 Å². The minimum Gasteiger partial charge on any atom is -0.496 e. The Kier molecular flexibility index (Phi) is 5.14. The molecule has 0 unspecified atom stereocenters. The van der Waals surface area contributed by atoms with Crippen LogP contribution in [-0.4, -0.2) is 28.1 Å². The van der Waals surface area contributed by atoms with E-state index in [0.717, 1.165) is 35.1 Å². The van der Waals surface area contributed by atoms with Crippen LogP contribution < -0.4 is 19.3 Å². The molecule has 2 aliphatic rings. The van der Waals surface area contributed by atoms with E-state index in [-0.39, 0.29) is 26.7 Å². The lowest BCUT2D eigenvalue weighted by molar-refractivity contribution is -0.120. The number of hydrogen-bond donors (Lipinski definition) is 1. The molecule has 0 radical (unpaired) electrons. The number of fused-ring (bicyclic) bond motifs is 1. The van der Waals surface area contributed by atoms with Gasteiger partial charge < -0.3 is 14.2 Å². The average Bonchev–Trinajstić information content (AvgIpc) is 3.49. The van der Waals surface area contributed by atoms with Crippen molar-refractivity contribution < 1.29 is 30.3 Å². The van der Waals surface area contributed by atoms with Crippen LogP contribution in [0.5, 0.6) is 17.2 Å². The molecule has 1 fully saturated rings. The highest BCUT2D eigenvalue weighted by Crippen LogP contribution is 2.51. The number of sulfonamides is 1. The first-order valence-corrected chi connectivity index (χ1v) is 12.1. The number of carbonyl (C=O) groups excluding carboxylic acids is 1. The van der Waals surface area contributed by atoms with Crippen molar-refractivity contribution >= 4 is 15.8 Å². The van der Waals surface area contributed by atoms with Crippen molar-refractivity contribution in [3.63, 3.8) is 0 Å². The predicted molar refractivity (Wildman–Crippen MR) is 126 cm³/mol. The second kappa shape index (κ2) is 7.90. The number of rotatable bonds is 7. The summed E-state index contributed by atoms with van der Waals surface area (Å²) in [5, 5.41) is 5.20. The molecule has 0 saturated heterocycles. The van der Waals surface area contributed by atoms with Gasteiger partial charge in [0.1, 0.15) is 11.5 Å². The van der Waals surface area contributed by atoms with Gasteiger partial charge in [-0.3, -0.25) is 4.79 Å². The van der Waals surface area contributed by atoms with Crippen LogP contribution in [0.1, 0.15) is 26.8 Å². The first kappa shape index (κ1) is 21.5. The number of nitrogens with two attached hydrogens (primary N) is 1. The van der Waals surface area contributed by atoms with Gasteiger partial charge in [0, 0.05) is 14.8 Å². The fraction of sp³-hybridized carbons (Fsp3) is 0.240. The molecule has 3 aromatic rings. The molecule has 1 heterocycles. The maximum atomic E-state index is 13.4. The summed E-state index contributed by atoms with van der Waals surface area (Å²) in [7, 11) is -2.20. The number of ether oxygens (including phenoxy) is 3. The van der Waals surface area contributed by atoms with Gasteiger partial charge in [-0.1, -0.05) is 24.3 Å². The molecule has 33 heavy (non-hydrogen) atoms. The van der Waals surface area contributed by atoms with Crippen LogP contribution in [0.2, 0.25) is 0 Å². The van der Waals surface area contributed by atoms with E-state index >= 15 is 0 Å². The third-order valence-corrected chi connectivity index (χ3v) is 7.26. The van der Waals surface area contributed by atoms with Crippen LogP contribution in [0.15, 0.2) is 65.6 Å². The highest BCUT2D eigenvalue weighted by Gasteiger charge is 2.50. The Morgan fingerprint density at radius 2 is 1.76 bits per heavy atom. The number of methoxy groups -OCH3 is 1. The fourth-order valence-corrected chi connectivity index (χ4v) is 4.83. The number of benzene rings is 3. The van der Waals surface area contributed by atoms with E-state index < -0.39 is 15.4 Å². The zero-order valence-corrected chi connectivity index (χ0v) is 18.9. The Labute approximate surface area is 195 Å². The number of ketones is 1. The second-order valence-corrected chi connectivity index (χ2v) is 9.92. The van der Waals surface area contributed by atoms with Crippen LogP contribution in [0.3, 0.4) is 0 Å². The molecule has 1 aliphatic heterocycles. The number of hydrogen-bond acceptors (Lipinski definition) is 6. The van der Waals surface area contributed by atoms with Gasteiger partial charge in [0.25, 0.3) is 0 Å². The smallest absolute Gasteiger partial charge is 0.238 e. The van der Waals surface area contributed by atoms with Crippen molar-refractivity contribution in [2.75, 3.05) is 13.9 Å². The molecule has 174 valence electrons. The van der Waals surface area contributed by atoms with Crippen LogP contribution in [-0.2, 0) is 26.7 Å². The Hall–Kier alpha value is -3.36. The third kappa shape index (κ3) is 3.96. The van der Waals surface area contributed by atoms with Gasteiger partial charge in [0.05, 0.1) is 17.4 Å². The Morgan fingerprint density at radius 3 is 2.42 bits per heavy atom. The maximum Gasteiger partial charge on any atom is 0.238 e. The van der Waals surface area contributed by atoms with Crippen LogP contribution in [0.4, 0.5) is 0 Å². The minimum absolute atomic E-state index is 0. The van der Waals surface area contributed by atoms with E-state index in [1.165, 1.54) is 12.1 Å². The molecule has 0 bridgehead atoms. The molecule has 0 amide bonds. The monoisotopic (exact) mass is 469 g/mol. The average molecular weight is 470 g/mol. The summed E-state index contributed by atoms with van der Waals surface area (Å²) in [6, 6.07) is 17.6. The van der Waals surface area contributed by atoms with Crippen molar-refractivity contribution in [1.82, 2.24) is 0 Å². The normalized spacial score (nSPS) is 15.8. The molecule has 0 aromatic heterocycles. The predicted octanol–water partition coefficient (Wildman–Crippen LogP) is 4.07. The lowest BCUT2D eigenvalue weighted by Crippen LogP contribution is -2.22. The number of carbonyl (C=O) groups is 1. The van der Waals surface area contributed by atoms with Crippen LogP contribution >= 0.6 is 0 Å². The second-order valence-electron chi connectivity index (χ2n) is 8.35. The molecule has 1 aliphatic carbocycles. The van der Waals surface area contributed by atoms with Gasteiger partial charge >= 0.3 is 0 Å². The van der Waals surface area contributed by atoms with E-state index in [1.54, 1.807) is 19.2 Å². The zero-order valence-electron chi connectivity index (χ0n) is 18.0. The first-order valence-electron chi connectivity index (χ1n) is 10.5.